The second kappa shape index (κ2) is 8.27. The Hall–Kier alpha value is -2.98. The summed E-state index contributed by atoms with van der Waals surface area (Å²) in [6, 6.07) is 9.74. The van der Waals surface area contributed by atoms with E-state index in [1.165, 1.54) is 30.5 Å². The van der Waals surface area contributed by atoms with Gasteiger partial charge in [-0.2, -0.15) is 0 Å². The number of ether oxygens (including phenoxy) is 1. The molecule has 0 spiro atoms. The van der Waals surface area contributed by atoms with Crippen LogP contribution in [0.1, 0.15) is 29.3 Å². The van der Waals surface area contributed by atoms with E-state index in [-0.39, 0.29) is 31.2 Å². The fourth-order valence-corrected chi connectivity index (χ4v) is 4.40. The van der Waals surface area contributed by atoms with Crippen molar-refractivity contribution in [2.75, 3.05) is 19.9 Å². The Morgan fingerprint density at radius 3 is 2.61 bits per heavy atom. The van der Waals surface area contributed by atoms with Gasteiger partial charge in [0.15, 0.2) is 26.2 Å². The molecule has 0 bridgehead atoms. The zero-order valence-corrected chi connectivity index (χ0v) is 18.1. The van der Waals surface area contributed by atoms with Crippen molar-refractivity contribution in [3.63, 3.8) is 0 Å². The number of carbonyl (C=O) groups excluding carboxylic acids is 2. The lowest BCUT2D eigenvalue weighted by Gasteiger charge is -2.27. The summed E-state index contributed by atoms with van der Waals surface area (Å²) in [5, 5.41) is 8.93. The summed E-state index contributed by atoms with van der Waals surface area (Å²) in [7, 11) is -2.49. The number of fused-ring (bicyclic) bond motifs is 1. The highest BCUT2D eigenvalue weighted by atomic mass is 32.2. The van der Waals surface area contributed by atoms with Crippen molar-refractivity contribution in [3.05, 3.63) is 53.3 Å². The minimum absolute atomic E-state index is 0.0205. The second-order valence-electron chi connectivity index (χ2n) is 7.61. The summed E-state index contributed by atoms with van der Waals surface area (Å²) < 4.78 is 42.0. The van der Waals surface area contributed by atoms with Gasteiger partial charge in [0.25, 0.3) is 11.8 Å². The molecule has 2 aromatic rings. The molecule has 2 N–H and O–H groups in total. The second-order valence-corrected chi connectivity index (χ2v) is 10.1. The molecule has 2 aromatic carbocycles. The molecule has 3 rings (SSSR count). The van der Waals surface area contributed by atoms with Crippen molar-refractivity contribution in [2.45, 2.75) is 24.6 Å². The number of rotatable bonds is 7. The molecule has 10 heteroatoms. The van der Waals surface area contributed by atoms with E-state index in [2.05, 4.69) is 0 Å². The van der Waals surface area contributed by atoms with Gasteiger partial charge in [-0.15, -0.1) is 0 Å². The van der Waals surface area contributed by atoms with Crippen LogP contribution in [0.15, 0.2) is 36.4 Å². The zero-order valence-electron chi connectivity index (χ0n) is 17.3. The Labute approximate surface area is 179 Å². The third-order valence-corrected chi connectivity index (χ3v) is 7.76. The number of methoxy groups -OCH3 is 1. The fraction of sp³-hybridized carbons (Fsp3) is 0.333. The van der Waals surface area contributed by atoms with Gasteiger partial charge >= 0.3 is 0 Å². The first-order chi connectivity index (χ1) is 14.5. The first-order valence-corrected chi connectivity index (χ1v) is 11.3. The SMILES string of the molecule is COc1cccc(-c2ccc3c(c2)CN(CCC(C)(C(=O)NO)S(C)(=O)=O)C3=O)c1F. The summed E-state index contributed by atoms with van der Waals surface area (Å²) in [5.74, 6) is -1.77. The maximum Gasteiger partial charge on any atom is 0.264 e. The van der Waals surface area contributed by atoms with Crippen LogP contribution in [0.4, 0.5) is 4.39 Å². The topological polar surface area (TPSA) is 113 Å². The van der Waals surface area contributed by atoms with E-state index < -0.39 is 26.3 Å². The Morgan fingerprint density at radius 1 is 1.29 bits per heavy atom. The summed E-state index contributed by atoms with van der Waals surface area (Å²) in [5.41, 5.74) is 3.39. The Kier molecular flexibility index (Phi) is 6.06. The third-order valence-electron chi connectivity index (χ3n) is 5.74. The highest BCUT2D eigenvalue weighted by molar-refractivity contribution is 7.92. The summed E-state index contributed by atoms with van der Waals surface area (Å²) in [6.07, 6.45) is 0.701. The maximum absolute atomic E-state index is 14.6. The Balaban J connectivity index is 1.85. The van der Waals surface area contributed by atoms with Crippen LogP contribution in [0.25, 0.3) is 11.1 Å². The predicted molar refractivity (Wildman–Crippen MR) is 111 cm³/mol. The molecular formula is C21H23FN2O6S. The molecule has 0 radical (unpaired) electrons. The molecule has 0 fully saturated rings. The van der Waals surface area contributed by atoms with Gasteiger partial charge in [-0.3, -0.25) is 14.8 Å². The Bertz CT molecular complexity index is 1150. The van der Waals surface area contributed by atoms with E-state index in [0.717, 1.165) is 6.26 Å². The van der Waals surface area contributed by atoms with Crippen LogP contribution in [0, 0.1) is 5.82 Å². The van der Waals surface area contributed by atoms with Gasteiger partial charge in [-0.25, -0.2) is 18.3 Å². The molecule has 2 amide bonds. The van der Waals surface area contributed by atoms with Crippen molar-refractivity contribution in [1.29, 1.82) is 0 Å². The number of carbonyl (C=O) groups is 2. The first kappa shape index (κ1) is 22.7. The van der Waals surface area contributed by atoms with E-state index in [4.69, 9.17) is 9.94 Å². The lowest BCUT2D eigenvalue weighted by Crippen LogP contribution is -2.50. The lowest BCUT2D eigenvalue weighted by atomic mass is 10.00. The normalized spacial score (nSPS) is 15.4. The minimum atomic E-state index is -3.87. The largest absolute Gasteiger partial charge is 0.494 e. The van der Waals surface area contributed by atoms with Crippen LogP contribution in [0.5, 0.6) is 5.75 Å². The number of amides is 2. The molecule has 1 aliphatic heterocycles. The number of benzene rings is 2. The smallest absolute Gasteiger partial charge is 0.264 e. The number of hydrogen-bond acceptors (Lipinski definition) is 6. The van der Waals surface area contributed by atoms with Gasteiger partial charge in [-0.1, -0.05) is 18.2 Å². The molecule has 31 heavy (non-hydrogen) atoms. The minimum Gasteiger partial charge on any atom is -0.494 e. The lowest BCUT2D eigenvalue weighted by molar-refractivity contribution is -0.131. The summed E-state index contributed by atoms with van der Waals surface area (Å²) in [6.45, 7) is 1.37. The molecule has 0 saturated carbocycles. The quantitative estimate of drug-likeness (QED) is 0.494. The van der Waals surface area contributed by atoms with Crippen LogP contribution in [0.3, 0.4) is 0 Å². The van der Waals surface area contributed by atoms with Crippen LogP contribution < -0.4 is 10.2 Å². The van der Waals surface area contributed by atoms with Gasteiger partial charge < -0.3 is 9.64 Å². The molecule has 1 heterocycles. The van der Waals surface area contributed by atoms with E-state index in [0.29, 0.717) is 22.3 Å². The standard InChI is InChI=1S/C21H23FN2O6S/c1-21(20(26)23-27,31(3,28)29)9-10-24-12-14-11-13(7-8-16(14)19(24)25)15-5-4-6-17(30-2)18(15)22/h4-8,11,27H,9-10,12H2,1-3H3,(H,23,26). The number of halogens is 1. The van der Waals surface area contributed by atoms with Gasteiger partial charge in [0, 0.05) is 30.5 Å². The number of hydroxylamine groups is 1. The van der Waals surface area contributed by atoms with E-state index in [1.54, 1.807) is 30.3 Å². The summed E-state index contributed by atoms with van der Waals surface area (Å²) in [4.78, 5) is 26.2. The molecule has 1 aliphatic rings. The molecule has 0 aromatic heterocycles. The third kappa shape index (κ3) is 4.00. The van der Waals surface area contributed by atoms with Crippen LogP contribution >= 0.6 is 0 Å². The van der Waals surface area contributed by atoms with Gasteiger partial charge in [-0.05, 0) is 42.7 Å². The zero-order chi connectivity index (χ0) is 23.0. The van der Waals surface area contributed by atoms with E-state index in [1.807, 2.05) is 0 Å². The highest BCUT2D eigenvalue weighted by Crippen LogP contribution is 2.33. The number of nitrogens with one attached hydrogen (secondary N) is 1. The first-order valence-electron chi connectivity index (χ1n) is 9.42. The van der Waals surface area contributed by atoms with Crippen molar-refractivity contribution >= 4 is 21.7 Å². The molecule has 166 valence electrons. The number of sulfone groups is 1. The van der Waals surface area contributed by atoms with Crippen molar-refractivity contribution in [3.8, 4) is 16.9 Å². The van der Waals surface area contributed by atoms with E-state index >= 15 is 0 Å². The average Bonchev–Trinajstić information content (AvgIpc) is 3.05. The van der Waals surface area contributed by atoms with Crippen molar-refractivity contribution in [2.24, 2.45) is 0 Å². The fourth-order valence-electron chi connectivity index (χ4n) is 3.55. The van der Waals surface area contributed by atoms with Crippen LogP contribution in [-0.4, -0.2) is 55.0 Å². The highest BCUT2D eigenvalue weighted by Gasteiger charge is 2.44. The van der Waals surface area contributed by atoms with Crippen LogP contribution in [0.2, 0.25) is 0 Å². The van der Waals surface area contributed by atoms with Crippen molar-refractivity contribution in [1.82, 2.24) is 10.4 Å². The van der Waals surface area contributed by atoms with Gasteiger partial charge in [0.1, 0.15) is 0 Å². The van der Waals surface area contributed by atoms with Gasteiger partial charge in [0.05, 0.1) is 7.11 Å². The van der Waals surface area contributed by atoms with E-state index in [9.17, 15) is 22.4 Å². The molecule has 1 unspecified atom stereocenters. The van der Waals surface area contributed by atoms with Crippen LogP contribution in [-0.2, 0) is 21.2 Å². The molecule has 0 saturated heterocycles. The average molecular weight is 450 g/mol. The van der Waals surface area contributed by atoms with Gasteiger partial charge in [0.2, 0.25) is 0 Å². The number of nitrogens with zero attached hydrogens (tertiary/aromatic N) is 1. The Morgan fingerprint density at radius 2 is 2.00 bits per heavy atom. The molecule has 1 atom stereocenters. The molecular weight excluding hydrogens is 427 g/mol. The molecule has 8 nitrogen and oxygen atoms in total. The predicted octanol–water partition coefficient (Wildman–Crippen LogP) is 2.16. The molecule has 0 aliphatic carbocycles. The van der Waals surface area contributed by atoms with Crippen molar-refractivity contribution < 1.29 is 32.3 Å². The summed E-state index contributed by atoms with van der Waals surface area (Å²) >= 11 is 0. The maximum atomic E-state index is 14.6. The number of hydrogen-bond donors (Lipinski definition) is 2. The monoisotopic (exact) mass is 450 g/mol.